The van der Waals surface area contributed by atoms with Crippen LogP contribution in [0.3, 0.4) is 0 Å². The van der Waals surface area contributed by atoms with E-state index in [1.54, 1.807) is 0 Å². The van der Waals surface area contributed by atoms with E-state index in [9.17, 15) is 9.59 Å². The summed E-state index contributed by atoms with van der Waals surface area (Å²) in [7, 11) is 0. The summed E-state index contributed by atoms with van der Waals surface area (Å²) >= 11 is 0. The fourth-order valence-electron chi connectivity index (χ4n) is 3.63. The molecule has 2 aliphatic heterocycles. The van der Waals surface area contributed by atoms with Gasteiger partial charge in [0.1, 0.15) is 0 Å². The molecule has 0 radical (unpaired) electrons. The van der Waals surface area contributed by atoms with Gasteiger partial charge in [0.15, 0.2) is 5.96 Å². The van der Waals surface area contributed by atoms with Gasteiger partial charge in [0.05, 0.1) is 6.54 Å². The Morgan fingerprint density at radius 2 is 1.82 bits per heavy atom. The van der Waals surface area contributed by atoms with Crippen LogP contribution < -0.4 is 15.5 Å². The Morgan fingerprint density at radius 3 is 2.46 bits per heavy atom. The topological polar surface area (TPSA) is 77.0 Å². The van der Waals surface area contributed by atoms with E-state index in [4.69, 9.17) is 0 Å². The Bertz CT molecular complexity index is 695. The summed E-state index contributed by atoms with van der Waals surface area (Å²) < 4.78 is 0. The first-order valence-corrected chi connectivity index (χ1v) is 10.4. The van der Waals surface area contributed by atoms with Gasteiger partial charge in [-0.15, -0.1) is 0 Å². The number of likely N-dealkylation sites (tertiary alicyclic amines) is 1. The standard InChI is InChI=1S/C21H31N5O2/c1-2-22-21(23-12-11-19(27)25-13-3-4-14-25)24-16-17-7-9-18(10-8-17)26-15-5-6-20(26)28/h7-10H,2-6,11-16H2,1H3,(H2,22,23,24). The highest BCUT2D eigenvalue weighted by atomic mass is 16.2. The minimum Gasteiger partial charge on any atom is -0.357 e. The van der Waals surface area contributed by atoms with Gasteiger partial charge in [-0.2, -0.15) is 0 Å². The number of hydrogen-bond acceptors (Lipinski definition) is 3. The monoisotopic (exact) mass is 385 g/mol. The number of carbonyl (C=O) groups is 2. The molecule has 2 amide bonds. The molecule has 0 aromatic heterocycles. The molecule has 1 aromatic carbocycles. The average molecular weight is 386 g/mol. The third-order valence-corrected chi connectivity index (χ3v) is 5.18. The van der Waals surface area contributed by atoms with E-state index >= 15 is 0 Å². The summed E-state index contributed by atoms with van der Waals surface area (Å²) in [6.45, 7) is 6.51. The molecule has 0 atom stereocenters. The molecule has 2 N–H and O–H groups in total. The van der Waals surface area contributed by atoms with E-state index in [-0.39, 0.29) is 11.8 Å². The Labute approximate surface area is 167 Å². The summed E-state index contributed by atoms with van der Waals surface area (Å²) in [5.41, 5.74) is 2.04. The lowest BCUT2D eigenvalue weighted by molar-refractivity contribution is -0.130. The number of guanidine groups is 1. The maximum atomic E-state index is 12.1. The van der Waals surface area contributed by atoms with Crippen molar-refractivity contribution in [2.75, 3.05) is 37.6 Å². The third kappa shape index (κ3) is 5.47. The molecule has 3 rings (SSSR count). The van der Waals surface area contributed by atoms with E-state index in [1.165, 1.54) is 0 Å². The third-order valence-electron chi connectivity index (χ3n) is 5.18. The van der Waals surface area contributed by atoms with Crippen molar-refractivity contribution in [2.24, 2.45) is 4.99 Å². The number of rotatable bonds is 7. The van der Waals surface area contributed by atoms with Gasteiger partial charge < -0.3 is 20.4 Å². The summed E-state index contributed by atoms with van der Waals surface area (Å²) in [4.78, 5) is 32.4. The van der Waals surface area contributed by atoms with E-state index in [2.05, 4.69) is 15.6 Å². The van der Waals surface area contributed by atoms with Crippen molar-refractivity contribution < 1.29 is 9.59 Å². The first kappa shape index (κ1) is 20.2. The number of carbonyl (C=O) groups excluding carboxylic acids is 2. The first-order chi connectivity index (χ1) is 13.7. The highest BCUT2D eigenvalue weighted by Gasteiger charge is 2.21. The highest BCUT2D eigenvalue weighted by Crippen LogP contribution is 2.21. The molecule has 0 spiro atoms. The zero-order valence-electron chi connectivity index (χ0n) is 16.7. The Hall–Kier alpha value is -2.57. The van der Waals surface area contributed by atoms with Gasteiger partial charge in [0.2, 0.25) is 11.8 Å². The molecule has 28 heavy (non-hydrogen) atoms. The highest BCUT2D eigenvalue weighted by molar-refractivity contribution is 5.95. The van der Waals surface area contributed by atoms with Gasteiger partial charge in [-0.05, 0) is 43.9 Å². The Balaban J connectivity index is 1.49. The summed E-state index contributed by atoms with van der Waals surface area (Å²) in [5, 5.41) is 6.46. The fraction of sp³-hybridized carbons (Fsp3) is 0.571. The van der Waals surface area contributed by atoms with Crippen molar-refractivity contribution in [3.8, 4) is 0 Å². The van der Waals surface area contributed by atoms with E-state index < -0.39 is 0 Å². The zero-order valence-corrected chi connectivity index (χ0v) is 16.7. The average Bonchev–Trinajstić information content (AvgIpc) is 3.38. The van der Waals surface area contributed by atoms with Gasteiger partial charge in [0.25, 0.3) is 0 Å². The smallest absolute Gasteiger partial charge is 0.227 e. The quantitative estimate of drug-likeness (QED) is 0.555. The molecule has 2 saturated heterocycles. The largest absolute Gasteiger partial charge is 0.357 e. The minimum absolute atomic E-state index is 0.202. The van der Waals surface area contributed by atoms with Crippen molar-refractivity contribution in [2.45, 2.75) is 45.6 Å². The lowest BCUT2D eigenvalue weighted by Gasteiger charge is -2.16. The second-order valence-corrected chi connectivity index (χ2v) is 7.28. The normalized spacial score (nSPS) is 17.3. The van der Waals surface area contributed by atoms with Crippen LogP contribution in [-0.2, 0) is 16.1 Å². The van der Waals surface area contributed by atoms with Crippen LogP contribution in [-0.4, -0.2) is 55.4 Å². The van der Waals surface area contributed by atoms with Gasteiger partial charge in [-0.3, -0.25) is 9.59 Å². The number of anilines is 1. The molecule has 0 bridgehead atoms. The lowest BCUT2D eigenvalue weighted by atomic mass is 10.2. The SMILES string of the molecule is CCNC(=NCc1ccc(N2CCCC2=O)cc1)NCCC(=O)N1CCCC1. The molecular weight excluding hydrogens is 354 g/mol. The number of hydrogen-bond donors (Lipinski definition) is 2. The second-order valence-electron chi connectivity index (χ2n) is 7.28. The summed E-state index contributed by atoms with van der Waals surface area (Å²) in [6.07, 6.45) is 4.30. The van der Waals surface area contributed by atoms with Crippen molar-refractivity contribution in [3.05, 3.63) is 29.8 Å². The molecule has 152 valence electrons. The lowest BCUT2D eigenvalue weighted by Crippen LogP contribution is -2.39. The van der Waals surface area contributed by atoms with Gasteiger partial charge in [-0.1, -0.05) is 12.1 Å². The molecule has 7 heteroatoms. The molecule has 7 nitrogen and oxygen atoms in total. The molecule has 2 fully saturated rings. The molecule has 2 aliphatic rings. The van der Waals surface area contributed by atoms with Crippen molar-refractivity contribution in [3.63, 3.8) is 0 Å². The van der Waals surface area contributed by atoms with Crippen LogP contribution in [0.25, 0.3) is 0 Å². The van der Waals surface area contributed by atoms with Gasteiger partial charge in [-0.25, -0.2) is 4.99 Å². The molecule has 0 unspecified atom stereocenters. The van der Waals surface area contributed by atoms with Gasteiger partial charge in [0, 0.05) is 51.3 Å². The Morgan fingerprint density at radius 1 is 1.07 bits per heavy atom. The maximum absolute atomic E-state index is 12.1. The number of nitrogens with zero attached hydrogens (tertiary/aromatic N) is 3. The molecule has 0 aliphatic carbocycles. The first-order valence-electron chi connectivity index (χ1n) is 10.4. The minimum atomic E-state index is 0.202. The van der Waals surface area contributed by atoms with Crippen LogP contribution in [0, 0.1) is 0 Å². The van der Waals surface area contributed by atoms with Crippen LogP contribution >= 0.6 is 0 Å². The van der Waals surface area contributed by atoms with Crippen molar-refractivity contribution in [1.29, 1.82) is 0 Å². The van der Waals surface area contributed by atoms with Crippen LogP contribution in [0.2, 0.25) is 0 Å². The maximum Gasteiger partial charge on any atom is 0.227 e. The van der Waals surface area contributed by atoms with Crippen LogP contribution in [0.5, 0.6) is 0 Å². The predicted octanol–water partition coefficient (Wildman–Crippen LogP) is 1.88. The molecule has 2 heterocycles. The van der Waals surface area contributed by atoms with Crippen molar-refractivity contribution >= 4 is 23.5 Å². The zero-order chi connectivity index (χ0) is 19.8. The Kier molecular flexibility index (Phi) is 7.28. The van der Waals surface area contributed by atoms with E-state index in [1.807, 2.05) is 41.0 Å². The van der Waals surface area contributed by atoms with E-state index in [0.29, 0.717) is 25.9 Å². The second kappa shape index (κ2) is 10.1. The summed E-state index contributed by atoms with van der Waals surface area (Å²) in [6, 6.07) is 8.02. The predicted molar refractivity (Wildman–Crippen MR) is 111 cm³/mol. The van der Waals surface area contributed by atoms with Crippen LogP contribution in [0.4, 0.5) is 5.69 Å². The van der Waals surface area contributed by atoms with Crippen molar-refractivity contribution in [1.82, 2.24) is 15.5 Å². The molecule has 0 saturated carbocycles. The number of amides is 2. The van der Waals surface area contributed by atoms with E-state index in [0.717, 1.165) is 62.7 Å². The summed E-state index contributed by atoms with van der Waals surface area (Å²) in [5.74, 6) is 1.14. The van der Waals surface area contributed by atoms with Gasteiger partial charge >= 0.3 is 0 Å². The van der Waals surface area contributed by atoms with Crippen LogP contribution in [0.15, 0.2) is 29.3 Å². The number of aliphatic imine (C=N–C) groups is 1. The molecular formula is C21H31N5O2. The fourth-order valence-corrected chi connectivity index (χ4v) is 3.63. The number of nitrogens with one attached hydrogen (secondary N) is 2. The van der Waals surface area contributed by atoms with Crippen LogP contribution in [0.1, 0.15) is 44.6 Å². The number of benzene rings is 1. The molecule has 1 aromatic rings.